The first-order valence-corrected chi connectivity index (χ1v) is 11.4. The van der Waals surface area contributed by atoms with Crippen LogP contribution in [0.2, 0.25) is 5.02 Å². The van der Waals surface area contributed by atoms with E-state index in [0.29, 0.717) is 5.69 Å². The Morgan fingerprint density at radius 1 is 0.938 bits per heavy atom. The molecule has 0 heterocycles. The number of anilines is 2. The second kappa shape index (κ2) is 9.42. The van der Waals surface area contributed by atoms with Crippen molar-refractivity contribution < 1.29 is 22.7 Å². The number of hydrogen-bond donors (Lipinski definition) is 2. The van der Waals surface area contributed by atoms with Crippen LogP contribution in [0.4, 0.5) is 11.4 Å². The van der Waals surface area contributed by atoms with Crippen LogP contribution < -0.4 is 10.0 Å². The largest absolute Gasteiger partial charge is 0.465 e. The van der Waals surface area contributed by atoms with E-state index in [1.807, 2.05) is 13.0 Å². The van der Waals surface area contributed by atoms with Crippen LogP contribution in [0, 0.1) is 13.8 Å². The summed E-state index contributed by atoms with van der Waals surface area (Å²) in [5, 5.41) is 2.57. The number of sulfonamides is 1. The molecule has 0 unspecified atom stereocenters. The number of methoxy groups -OCH3 is 1. The molecule has 0 aliphatic rings. The van der Waals surface area contributed by atoms with E-state index < -0.39 is 21.9 Å². The van der Waals surface area contributed by atoms with Gasteiger partial charge in [-0.25, -0.2) is 13.2 Å². The number of benzene rings is 3. The fourth-order valence-electron chi connectivity index (χ4n) is 3.05. The highest BCUT2D eigenvalue weighted by Gasteiger charge is 2.22. The Morgan fingerprint density at radius 2 is 1.66 bits per heavy atom. The summed E-state index contributed by atoms with van der Waals surface area (Å²) in [6.07, 6.45) is 0. The summed E-state index contributed by atoms with van der Waals surface area (Å²) in [4.78, 5) is 24.5. The average molecular weight is 473 g/mol. The van der Waals surface area contributed by atoms with Gasteiger partial charge in [-0.3, -0.25) is 9.52 Å². The Balaban J connectivity index is 1.92. The van der Waals surface area contributed by atoms with Crippen LogP contribution in [0.3, 0.4) is 0 Å². The zero-order valence-corrected chi connectivity index (χ0v) is 19.2. The maximum absolute atomic E-state index is 13.0. The molecule has 3 rings (SSSR count). The Labute approximate surface area is 191 Å². The van der Waals surface area contributed by atoms with E-state index in [1.165, 1.54) is 31.4 Å². The Hall–Kier alpha value is -3.36. The summed E-state index contributed by atoms with van der Waals surface area (Å²) in [5.74, 6) is -1.22. The highest BCUT2D eigenvalue weighted by Crippen LogP contribution is 2.27. The Kier molecular flexibility index (Phi) is 6.86. The molecule has 0 saturated carbocycles. The van der Waals surface area contributed by atoms with Gasteiger partial charge in [-0.15, -0.1) is 0 Å². The van der Waals surface area contributed by atoms with Gasteiger partial charge in [0.1, 0.15) is 4.90 Å². The molecule has 0 saturated heterocycles. The monoisotopic (exact) mass is 472 g/mol. The van der Waals surface area contributed by atoms with Crippen LogP contribution in [-0.2, 0) is 14.8 Å². The van der Waals surface area contributed by atoms with Gasteiger partial charge in [0.15, 0.2) is 0 Å². The molecule has 0 atom stereocenters. The molecule has 32 heavy (non-hydrogen) atoms. The van der Waals surface area contributed by atoms with Gasteiger partial charge < -0.3 is 10.1 Å². The molecular weight excluding hydrogens is 452 g/mol. The van der Waals surface area contributed by atoms with Crippen molar-refractivity contribution in [3.05, 3.63) is 87.9 Å². The molecule has 2 N–H and O–H groups in total. The SMILES string of the molecule is COC(=O)c1ccccc1NC(=O)c1ccc(Cl)c(S(=O)(=O)Nc2ccc(C)cc2C)c1. The standard InChI is InChI=1S/C23H21ClN2O5S/c1-14-8-11-19(15(2)12-14)26-32(29,30)21-13-16(9-10-18(21)24)22(27)25-20-7-5-4-6-17(20)23(28)31-3/h4-13,26H,1-3H3,(H,25,27). The minimum atomic E-state index is -4.07. The lowest BCUT2D eigenvalue weighted by Gasteiger charge is -2.14. The number of carbonyl (C=O) groups excluding carboxylic acids is 2. The van der Waals surface area contributed by atoms with E-state index in [0.717, 1.165) is 11.1 Å². The fourth-order valence-corrected chi connectivity index (χ4v) is 4.71. The molecule has 0 radical (unpaired) electrons. The first kappa shape index (κ1) is 23.3. The zero-order valence-electron chi connectivity index (χ0n) is 17.6. The molecule has 0 bridgehead atoms. The van der Waals surface area contributed by atoms with Crippen LogP contribution in [0.25, 0.3) is 0 Å². The summed E-state index contributed by atoms with van der Waals surface area (Å²) in [6.45, 7) is 3.69. The van der Waals surface area contributed by atoms with Gasteiger partial charge in [0, 0.05) is 5.56 Å². The quantitative estimate of drug-likeness (QED) is 0.502. The van der Waals surface area contributed by atoms with Gasteiger partial charge >= 0.3 is 5.97 Å². The Morgan fingerprint density at radius 3 is 2.34 bits per heavy atom. The van der Waals surface area contributed by atoms with Gasteiger partial charge in [0.05, 0.1) is 29.1 Å². The summed E-state index contributed by atoms with van der Waals surface area (Å²) in [7, 11) is -2.83. The third-order valence-electron chi connectivity index (χ3n) is 4.69. The van der Waals surface area contributed by atoms with Gasteiger partial charge in [-0.05, 0) is 55.8 Å². The third-order valence-corrected chi connectivity index (χ3v) is 6.54. The maximum atomic E-state index is 13.0. The van der Waals surface area contributed by atoms with Crippen molar-refractivity contribution in [1.82, 2.24) is 0 Å². The van der Waals surface area contributed by atoms with Crippen LogP contribution >= 0.6 is 11.6 Å². The topological polar surface area (TPSA) is 102 Å². The van der Waals surface area contributed by atoms with E-state index in [2.05, 4.69) is 10.0 Å². The lowest BCUT2D eigenvalue weighted by molar-refractivity contribution is 0.0602. The van der Waals surface area contributed by atoms with Crippen molar-refractivity contribution in [1.29, 1.82) is 0 Å². The lowest BCUT2D eigenvalue weighted by atomic mass is 10.1. The zero-order chi connectivity index (χ0) is 23.5. The van der Waals surface area contributed by atoms with Crippen LogP contribution in [-0.4, -0.2) is 27.4 Å². The fraction of sp³-hybridized carbons (Fsp3) is 0.130. The number of nitrogens with one attached hydrogen (secondary N) is 2. The van der Waals surface area contributed by atoms with Crippen LogP contribution in [0.5, 0.6) is 0 Å². The first-order valence-electron chi connectivity index (χ1n) is 9.50. The van der Waals surface area contributed by atoms with Gasteiger partial charge in [-0.2, -0.15) is 0 Å². The normalized spacial score (nSPS) is 11.0. The van der Waals surface area contributed by atoms with E-state index in [1.54, 1.807) is 37.3 Å². The number of hydrogen-bond acceptors (Lipinski definition) is 5. The van der Waals surface area contributed by atoms with Crippen molar-refractivity contribution in [2.45, 2.75) is 18.7 Å². The minimum absolute atomic E-state index is 0.0335. The molecule has 3 aromatic rings. The summed E-state index contributed by atoms with van der Waals surface area (Å²) in [6, 6.07) is 15.5. The number of ether oxygens (including phenoxy) is 1. The number of para-hydroxylation sites is 1. The van der Waals surface area contributed by atoms with Crippen molar-refractivity contribution in [2.75, 3.05) is 17.1 Å². The molecule has 9 heteroatoms. The van der Waals surface area contributed by atoms with Crippen LogP contribution in [0.1, 0.15) is 31.8 Å². The number of aryl methyl sites for hydroxylation is 2. The van der Waals surface area contributed by atoms with E-state index in [9.17, 15) is 18.0 Å². The molecule has 0 aliphatic heterocycles. The molecular formula is C23H21ClN2O5S. The van der Waals surface area contributed by atoms with E-state index in [-0.39, 0.29) is 26.7 Å². The number of esters is 1. The number of carbonyl (C=O) groups is 2. The smallest absolute Gasteiger partial charge is 0.339 e. The second-order valence-electron chi connectivity index (χ2n) is 7.06. The molecule has 0 aromatic heterocycles. The highest BCUT2D eigenvalue weighted by atomic mass is 35.5. The molecule has 0 aliphatic carbocycles. The number of rotatable bonds is 6. The maximum Gasteiger partial charge on any atom is 0.339 e. The van der Waals surface area contributed by atoms with Crippen molar-refractivity contribution in [2.24, 2.45) is 0 Å². The number of halogens is 1. The molecule has 7 nitrogen and oxygen atoms in total. The number of amides is 1. The summed E-state index contributed by atoms with van der Waals surface area (Å²) >= 11 is 6.15. The van der Waals surface area contributed by atoms with E-state index >= 15 is 0 Å². The van der Waals surface area contributed by atoms with Crippen molar-refractivity contribution in [3.8, 4) is 0 Å². The van der Waals surface area contributed by atoms with Gasteiger partial charge in [0.25, 0.3) is 15.9 Å². The molecule has 1 amide bonds. The predicted molar refractivity (Wildman–Crippen MR) is 124 cm³/mol. The minimum Gasteiger partial charge on any atom is -0.465 e. The summed E-state index contributed by atoms with van der Waals surface area (Å²) < 4.78 is 33.2. The molecule has 0 spiro atoms. The lowest BCUT2D eigenvalue weighted by Crippen LogP contribution is -2.18. The van der Waals surface area contributed by atoms with Gasteiger partial charge in [-0.1, -0.05) is 41.4 Å². The first-order chi connectivity index (χ1) is 15.1. The second-order valence-corrected chi connectivity index (χ2v) is 9.12. The molecule has 0 fully saturated rings. The van der Waals surface area contributed by atoms with E-state index in [4.69, 9.17) is 16.3 Å². The molecule has 166 valence electrons. The van der Waals surface area contributed by atoms with Gasteiger partial charge in [0.2, 0.25) is 0 Å². The summed E-state index contributed by atoms with van der Waals surface area (Å²) in [5.41, 5.74) is 2.61. The highest BCUT2D eigenvalue weighted by molar-refractivity contribution is 7.92. The third kappa shape index (κ3) is 5.09. The Bertz CT molecular complexity index is 1310. The van der Waals surface area contributed by atoms with Crippen molar-refractivity contribution in [3.63, 3.8) is 0 Å². The molecule has 3 aromatic carbocycles. The predicted octanol–water partition coefficient (Wildman–Crippen LogP) is 4.80. The van der Waals surface area contributed by atoms with Crippen molar-refractivity contribution >= 4 is 44.9 Å². The van der Waals surface area contributed by atoms with Crippen LogP contribution in [0.15, 0.2) is 65.6 Å². The average Bonchev–Trinajstić information content (AvgIpc) is 2.75.